The first-order valence-electron chi connectivity index (χ1n) is 4.38. The van der Waals surface area contributed by atoms with Crippen molar-refractivity contribution < 1.29 is 4.79 Å². The van der Waals surface area contributed by atoms with E-state index < -0.39 is 0 Å². The number of nitrogens with one attached hydrogen (secondary N) is 1. The molecule has 1 saturated heterocycles. The lowest BCUT2D eigenvalue weighted by Gasteiger charge is -2.28. The summed E-state index contributed by atoms with van der Waals surface area (Å²) in [6.07, 6.45) is 0. The molecule has 1 heterocycles. The Morgan fingerprint density at radius 2 is 2.54 bits per heavy atom. The van der Waals surface area contributed by atoms with Gasteiger partial charge in [0.05, 0.1) is 11.5 Å². The van der Waals surface area contributed by atoms with Gasteiger partial charge < -0.3 is 11.1 Å². The minimum absolute atomic E-state index is 0.0846. The molecule has 0 aliphatic carbocycles. The Kier molecular flexibility index (Phi) is 3.62. The lowest BCUT2D eigenvalue weighted by atomic mass is 10.1. The van der Waals surface area contributed by atoms with Crippen LogP contribution in [-0.2, 0) is 4.79 Å². The van der Waals surface area contributed by atoms with Gasteiger partial charge in [-0.1, -0.05) is 19.1 Å². The van der Waals surface area contributed by atoms with Crippen molar-refractivity contribution in [2.24, 2.45) is 11.7 Å². The molecule has 0 aromatic heterocycles. The van der Waals surface area contributed by atoms with Crippen LogP contribution in [0.1, 0.15) is 6.92 Å². The summed E-state index contributed by atoms with van der Waals surface area (Å²) in [4.78, 5) is 13.6. The summed E-state index contributed by atoms with van der Waals surface area (Å²) in [6, 6.07) is 0. The zero-order chi connectivity index (χ0) is 9.84. The van der Waals surface area contributed by atoms with Crippen LogP contribution in [0.25, 0.3) is 0 Å². The van der Waals surface area contributed by atoms with Gasteiger partial charge in [-0.05, 0) is 0 Å². The molecule has 3 N–H and O–H groups in total. The molecule has 13 heavy (non-hydrogen) atoms. The second-order valence-electron chi connectivity index (χ2n) is 3.39. The van der Waals surface area contributed by atoms with Gasteiger partial charge in [-0.3, -0.25) is 9.69 Å². The number of hydrogen-bond acceptors (Lipinski definition) is 3. The van der Waals surface area contributed by atoms with Gasteiger partial charge in [-0.25, -0.2) is 0 Å². The van der Waals surface area contributed by atoms with E-state index in [1.54, 1.807) is 0 Å². The van der Waals surface area contributed by atoms with Crippen molar-refractivity contribution in [3.8, 4) is 0 Å². The maximum absolute atomic E-state index is 11.0. The van der Waals surface area contributed by atoms with Crippen molar-refractivity contribution in [3.05, 3.63) is 0 Å². The SMILES string of the molecule is CC(CN1CCNC(=O)C1)C(N)=S. The molecule has 1 unspecified atom stereocenters. The number of piperazine rings is 1. The quantitative estimate of drug-likeness (QED) is 0.595. The van der Waals surface area contributed by atoms with Crippen LogP contribution in [0.15, 0.2) is 0 Å². The first kappa shape index (κ1) is 10.4. The van der Waals surface area contributed by atoms with E-state index in [0.717, 1.165) is 19.6 Å². The zero-order valence-electron chi connectivity index (χ0n) is 7.75. The summed E-state index contributed by atoms with van der Waals surface area (Å²) in [5.74, 6) is 0.266. The number of rotatable bonds is 3. The fraction of sp³-hybridized carbons (Fsp3) is 0.750. The molecule has 1 aliphatic heterocycles. The average molecular weight is 201 g/mol. The number of nitrogens with two attached hydrogens (primary N) is 1. The highest BCUT2D eigenvalue weighted by molar-refractivity contribution is 7.80. The van der Waals surface area contributed by atoms with E-state index in [1.165, 1.54) is 0 Å². The minimum Gasteiger partial charge on any atom is -0.393 e. The van der Waals surface area contributed by atoms with Crippen molar-refractivity contribution in [1.82, 2.24) is 10.2 Å². The number of carbonyl (C=O) groups excluding carboxylic acids is 1. The molecule has 0 spiro atoms. The van der Waals surface area contributed by atoms with Crippen LogP contribution >= 0.6 is 12.2 Å². The predicted octanol–water partition coefficient (Wildman–Crippen LogP) is -0.660. The largest absolute Gasteiger partial charge is 0.393 e. The molecule has 0 saturated carbocycles. The maximum Gasteiger partial charge on any atom is 0.234 e. The van der Waals surface area contributed by atoms with E-state index in [-0.39, 0.29) is 11.8 Å². The fourth-order valence-corrected chi connectivity index (χ4v) is 1.40. The molecular weight excluding hydrogens is 186 g/mol. The Morgan fingerprint density at radius 3 is 3.08 bits per heavy atom. The monoisotopic (exact) mass is 201 g/mol. The molecule has 1 fully saturated rings. The topological polar surface area (TPSA) is 58.4 Å². The summed E-state index contributed by atoms with van der Waals surface area (Å²) in [7, 11) is 0. The molecule has 1 atom stereocenters. The maximum atomic E-state index is 11.0. The lowest BCUT2D eigenvalue weighted by Crippen LogP contribution is -2.49. The van der Waals surface area contributed by atoms with Gasteiger partial charge in [0.2, 0.25) is 5.91 Å². The van der Waals surface area contributed by atoms with Crippen molar-refractivity contribution in [2.75, 3.05) is 26.2 Å². The summed E-state index contributed by atoms with van der Waals surface area (Å²) < 4.78 is 0. The second-order valence-corrected chi connectivity index (χ2v) is 3.86. The Hall–Kier alpha value is -0.680. The van der Waals surface area contributed by atoms with Crippen LogP contribution in [0.4, 0.5) is 0 Å². The van der Waals surface area contributed by atoms with Crippen LogP contribution in [0.5, 0.6) is 0 Å². The molecule has 0 radical (unpaired) electrons. The number of carbonyl (C=O) groups is 1. The standard InChI is InChI=1S/C8H15N3OS/c1-6(8(9)13)4-11-3-2-10-7(12)5-11/h6H,2-5H2,1H3,(H2,9,13)(H,10,12). The van der Waals surface area contributed by atoms with Gasteiger partial charge in [-0.2, -0.15) is 0 Å². The molecule has 4 nitrogen and oxygen atoms in total. The number of nitrogens with zero attached hydrogens (tertiary/aromatic N) is 1. The van der Waals surface area contributed by atoms with Gasteiger partial charge in [-0.15, -0.1) is 0 Å². The lowest BCUT2D eigenvalue weighted by molar-refractivity contribution is -0.124. The molecule has 1 amide bonds. The molecule has 1 rings (SSSR count). The summed E-state index contributed by atoms with van der Waals surface area (Å²) in [6.45, 7) is 4.84. The Bertz CT molecular complexity index is 219. The third-order valence-electron chi connectivity index (χ3n) is 2.14. The Balaban J connectivity index is 2.35. The second kappa shape index (κ2) is 4.53. The molecule has 1 aliphatic rings. The summed E-state index contributed by atoms with van der Waals surface area (Å²) >= 11 is 4.87. The zero-order valence-corrected chi connectivity index (χ0v) is 8.56. The first-order valence-corrected chi connectivity index (χ1v) is 4.79. The number of hydrogen-bond donors (Lipinski definition) is 2. The minimum atomic E-state index is 0.0846. The van der Waals surface area contributed by atoms with Gasteiger partial charge in [0.25, 0.3) is 0 Å². The Labute approximate surface area is 83.5 Å². The van der Waals surface area contributed by atoms with Crippen LogP contribution in [0.2, 0.25) is 0 Å². The smallest absolute Gasteiger partial charge is 0.234 e. The van der Waals surface area contributed by atoms with Crippen LogP contribution in [0, 0.1) is 5.92 Å². The van der Waals surface area contributed by atoms with Crippen LogP contribution in [-0.4, -0.2) is 42.0 Å². The van der Waals surface area contributed by atoms with Crippen molar-refractivity contribution in [2.45, 2.75) is 6.92 Å². The fourth-order valence-electron chi connectivity index (χ4n) is 1.32. The van der Waals surface area contributed by atoms with E-state index in [9.17, 15) is 4.79 Å². The Morgan fingerprint density at radius 1 is 1.85 bits per heavy atom. The molecular formula is C8H15N3OS. The molecule has 74 valence electrons. The predicted molar refractivity (Wildman–Crippen MR) is 55.4 cm³/mol. The van der Waals surface area contributed by atoms with E-state index in [4.69, 9.17) is 18.0 Å². The third kappa shape index (κ3) is 3.28. The van der Waals surface area contributed by atoms with Crippen LogP contribution in [0.3, 0.4) is 0 Å². The average Bonchev–Trinajstić information content (AvgIpc) is 2.04. The number of thiocarbonyl (C=S) groups is 1. The summed E-state index contributed by atoms with van der Waals surface area (Å²) in [5, 5.41) is 2.77. The third-order valence-corrected chi connectivity index (χ3v) is 2.54. The van der Waals surface area contributed by atoms with Crippen molar-refractivity contribution in [3.63, 3.8) is 0 Å². The molecule has 0 bridgehead atoms. The molecule has 5 heteroatoms. The molecule has 0 aromatic rings. The van der Waals surface area contributed by atoms with Crippen molar-refractivity contribution in [1.29, 1.82) is 0 Å². The highest BCUT2D eigenvalue weighted by atomic mass is 32.1. The summed E-state index contributed by atoms with van der Waals surface area (Å²) in [5.41, 5.74) is 5.49. The van der Waals surface area contributed by atoms with Gasteiger partial charge in [0.1, 0.15) is 0 Å². The van der Waals surface area contributed by atoms with E-state index in [0.29, 0.717) is 11.5 Å². The van der Waals surface area contributed by atoms with Crippen molar-refractivity contribution >= 4 is 23.1 Å². The normalized spacial score (nSPS) is 20.8. The van der Waals surface area contributed by atoms with Gasteiger partial charge in [0.15, 0.2) is 0 Å². The van der Waals surface area contributed by atoms with E-state index >= 15 is 0 Å². The van der Waals surface area contributed by atoms with Gasteiger partial charge >= 0.3 is 0 Å². The van der Waals surface area contributed by atoms with Crippen LogP contribution < -0.4 is 11.1 Å². The number of amides is 1. The van der Waals surface area contributed by atoms with Gasteiger partial charge in [0, 0.05) is 25.6 Å². The highest BCUT2D eigenvalue weighted by Gasteiger charge is 2.18. The molecule has 0 aromatic carbocycles. The van der Waals surface area contributed by atoms with E-state index in [2.05, 4.69) is 10.2 Å². The first-order chi connectivity index (χ1) is 6.09. The highest BCUT2D eigenvalue weighted by Crippen LogP contribution is 2.01. The van der Waals surface area contributed by atoms with E-state index in [1.807, 2.05) is 6.92 Å².